The fraction of sp³-hybridized carbons (Fsp3) is 0.176. The van der Waals surface area contributed by atoms with Crippen LogP contribution in [0.4, 0.5) is 13.2 Å². The molecule has 0 aliphatic heterocycles. The van der Waals surface area contributed by atoms with Crippen LogP contribution >= 0.6 is 11.8 Å². The average molecular weight is 350 g/mol. The smallest absolute Gasteiger partial charge is 0.181 e. The van der Waals surface area contributed by atoms with Crippen molar-refractivity contribution in [2.24, 2.45) is 7.05 Å². The van der Waals surface area contributed by atoms with Gasteiger partial charge in [-0.15, -0.1) is 0 Å². The number of fused-ring (bicyclic) bond motifs is 1. The fourth-order valence-corrected chi connectivity index (χ4v) is 3.37. The summed E-state index contributed by atoms with van der Waals surface area (Å²) in [5.74, 6) is -4.20. The van der Waals surface area contributed by atoms with Gasteiger partial charge in [-0.2, -0.15) is 0 Å². The lowest BCUT2D eigenvalue weighted by molar-refractivity contribution is 0.0985. The molecule has 0 radical (unpaired) electrons. The van der Waals surface area contributed by atoms with E-state index in [1.807, 2.05) is 24.3 Å². The Morgan fingerprint density at radius 2 is 1.79 bits per heavy atom. The third kappa shape index (κ3) is 2.91. The van der Waals surface area contributed by atoms with Gasteiger partial charge in [0.25, 0.3) is 0 Å². The molecule has 0 saturated carbocycles. The molecule has 3 nitrogen and oxygen atoms in total. The Labute approximate surface area is 140 Å². The molecular weight excluding hydrogens is 337 g/mol. The quantitative estimate of drug-likeness (QED) is 0.518. The Balaban J connectivity index is 1.90. The second kappa shape index (κ2) is 6.32. The maximum absolute atomic E-state index is 13.8. The molecule has 3 aromatic rings. The van der Waals surface area contributed by atoms with E-state index in [4.69, 9.17) is 0 Å². The van der Waals surface area contributed by atoms with Gasteiger partial charge in [-0.05, 0) is 19.1 Å². The van der Waals surface area contributed by atoms with Crippen LogP contribution in [0.25, 0.3) is 11.0 Å². The summed E-state index contributed by atoms with van der Waals surface area (Å²) >= 11 is 1.10. The Hall–Kier alpha value is -2.28. The van der Waals surface area contributed by atoms with Crippen LogP contribution in [0.5, 0.6) is 0 Å². The van der Waals surface area contributed by atoms with Gasteiger partial charge in [0.1, 0.15) is 17.5 Å². The number of halogens is 3. The third-order valence-electron chi connectivity index (χ3n) is 3.65. The van der Waals surface area contributed by atoms with Crippen molar-refractivity contribution in [1.29, 1.82) is 0 Å². The van der Waals surface area contributed by atoms with E-state index in [9.17, 15) is 18.0 Å². The zero-order chi connectivity index (χ0) is 17.4. The number of imidazole rings is 1. The maximum Gasteiger partial charge on any atom is 0.181 e. The van der Waals surface area contributed by atoms with Crippen molar-refractivity contribution in [2.45, 2.75) is 17.3 Å². The molecule has 7 heteroatoms. The Bertz CT molecular complexity index is 916. The lowest BCUT2D eigenvalue weighted by atomic mass is 10.1. The summed E-state index contributed by atoms with van der Waals surface area (Å²) in [5.41, 5.74) is 0.926. The van der Waals surface area contributed by atoms with Crippen LogP contribution in [-0.4, -0.2) is 20.6 Å². The van der Waals surface area contributed by atoms with Crippen molar-refractivity contribution in [3.8, 4) is 0 Å². The zero-order valence-electron chi connectivity index (χ0n) is 12.9. The van der Waals surface area contributed by atoms with Gasteiger partial charge in [0.15, 0.2) is 10.9 Å². The van der Waals surface area contributed by atoms with Crippen LogP contribution in [0.2, 0.25) is 0 Å². The Kier molecular flexibility index (Phi) is 4.36. The Morgan fingerprint density at radius 3 is 2.42 bits per heavy atom. The molecule has 2 aromatic carbocycles. The number of ketones is 1. The van der Waals surface area contributed by atoms with E-state index in [1.54, 1.807) is 11.6 Å². The van der Waals surface area contributed by atoms with E-state index in [0.717, 1.165) is 22.8 Å². The molecule has 0 saturated heterocycles. The summed E-state index contributed by atoms with van der Waals surface area (Å²) in [6, 6.07) is 8.45. The number of hydrogen-bond donors (Lipinski definition) is 0. The highest BCUT2D eigenvalue weighted by Gasteiger charge is 2.26. The van der Waals surface area contributed by atoms with E-state index in [0.29, 0.717) is 17.3 Å². The highest BCUT2D eigenvalue weighted by atomic mass is 32.2. The van der Waals surface area contributed by atoms with Gasteiger partial charge < -0.3 is 4.57 Å². The number of hydrogen-bond acceptors (Lipinski definition) is 3. The van der Waals surface area contributed by atoms with E-state index in [2.05, 4.69) is 4.98 Å². The number of benzene rings is 2. The van der Waals surface area contributed by atoms with Gasteiger partial charge in [-0.25, -0.2) is 18.2 Å². The van der Waals surface area contributed by atoms with Gasteiger partial charge in [-0.3, -0.25) is 4.79 Å². The van der Waals surface area contributed by atoms with Crippen molar-refractivity contribution >= 4 is 28.6 Å². The molecule has 1 atom stereocenters. The van der Waals surface area contributed by atoms with Crippen molar-refractivity contribution in [1.82, 2.24) is 9.55 Å². The van der Waals surface area contributed by atoms with Crippen molar-refractivity contribution < 1.29 is 18.0 Å². The van der Waals surface area contributed by atoms with Gasteiger partial charge in [0.05, 0.1) is 21.8 Å². The number of nitrogens with zero attached hydrogens (tertiary/aromatic N) is 2. The largest absolute Gasteiger partial charge is 0.322 e. The lowest BCUT2D eigenvalue weighted by Gasteiger charge is -2.11. The first-order valence-electron chi connectivity index (χ1n) is 7.15. The molecular formula is C17H13F3N2OS. The molecule has 1 heterocycles. The molecule has 1 unspecified atom stereocenters. The van der Waals surface area contributed by atoms with Crippen LogP contribution in [-0.2, 0) is 7.05 Å². The maximum atomic E-state index is 13.8. The third-order valence-corrected chi connectivity index (χ3v) is 4.79. The molecule has 0 aliphatic rings. The molecule has 0 amide bonds. The second-order valence-electron chi connectivity index (χ2n) is 5.31. The normalized spacial score (nSPS) is 12.5. The minimum Gasteiger partial charge on any atom is -0.322 e. The molecule has 0 bridgehead atoms. The number of aromatic nitrogens is 2. The van der Waals surface area contributed by atoms with E-state index < -0.39 is 34.0 Å². The van der Waals surface area contributed by atoms with Gasteiger partial charge >= 0.3 is 0 Å². The molecule has 0 fully saturated rings. The number of carbonyl (C=O) groups excluding carboxylic acids is 1. The van der Waals surface area contributed by atoms with Crippen molar-refractivity contribution in [3.63, 3.8) is 0 Å². The lowest BCUT2D eigenvalue weighted by Crippen LogP contribution is -2.18. The van der Waals surface area contributed by atoms with Crippen LogP contribution < -0.4 is 0 Å². The monoisotopic (exact) mass is 350 g/mol. The first kappa shape index (κ1) is 16.6. The van der Waals surface area contributed by atoms with Gasteiger partial charge in [0.2, 0.25) is 0 Å². The molecule has 124 valence electrons. The first-order valence-corrected chi connectivity index (χ1v) is 8.03. The molecule has 24 heavy (non-hydrogen) atoms. The predicted octanol–water partition coefficient (Wildman–Crippen LogP) is 4.35. The molecule has 0 spiro atoms. The summed E-state index contributed by atoms with van der Waals surface area (Å²) in [7, 11) is 1.80. The molecule has 1 aromatic heterocycles. The number of carbonyl (C=O) groups is 1. The SMILES string of the molecule is CC(Sc1nc2ccccc2n1C)C(=O)c1c(F)cc(F)cc1F. The van der Waals surface area contributed by atoms with Crippen LogP contribution in [0.15, 0.2) is 41.6 Å². The standard InChI is InChI=1S/C17H13F3N2OS/c1-9(16(23)15-11(19)7-10(18)8-12(15)20)24-17-21-13-5-3-4-6-14(13)22(17)2/h3-9H,1-2H3. The number of Topliss-reactive ketones (excluding diaryl/α,β-unsaturated/α-hetero) is 1. The minimum atomic E-state index is -1.20. The number of para-hydroxylation sites is 2. The topological polar surface area (TPSA) is 34.9 Å². The molecule has 0 aliphatic carbocycles. The van der Waals surface area contributed by atoms with Crippen molar-refractivity contribution in [3.05, 3.63) is 59.4 Å². The zero-order valence-corrected chi connectivity index (χ0v) is 13.7. The van der Waals surface area contributed by atoms with Crippen LogP contribution in [0.1, 0.15) is 17.3 Å². The predicted molar refractivity (Wildman–Crippen MR) is 86.7 cm³/mol. The molecule has 0 N–H and O–H groups in total. The summed E-state index contributed by atoms with van der Waals surface area (Å²) in [5, 5.41) is -0.227. The first-order chi connectivity index (χ1) is 11.4. The second-order valence-corrected chi connectivity index (χ2v) is 6.62. The summed E-state index contributed by atoms with van der Waals surface area (Å²) in [4.78, 5) is 16.8. The van der Waals surface area contributed by atoms with E-state index >= 15 is 0 Å². The average Bonchev–Trinajstić information content (AvgIpc) is 2.83. The van der Waals surface area contributed by atoms with Crippen LogP contribution in [0.3, 0.4) is 0 Å². The fourth-order valence-electron chi connectivity index (χ4n) is 2.42. The Morgan fingerprint density at radius 1 is 1.17 bits per heavy atom. The molecule has 3 rings (SSSR count). The summed E-state index contributed by atoms with van der Waals surface area (Å²) in [6.07, 6.45) is 0. The number of thioether (sulfide) groups is 1. The van der Waals surface area contributed by atoms with Gasteiger partial charge in [-0.1, -0.05) is 23.9 Å². The number of aryl methyl sites for hydroxylation is 1. The highest BCUT2D eigenvalue weighted by Crippen LogP contribution is 2.29. The number of rotatable bonds is 4. The highest BCUT2D eigenvalue weighted by molar-refractivity contribution is 8.00. The minimum absolute atomic E-state index is 0.503. The van der Waals surface area contributed by atoms with E-state index in [1.165, 1.54) is 6.92 Å². The van der Waals surface area contributed by atoms with Crippen molar-refractivity contribution in [2.75, 3.05) is 0 Å². The van der Waals surface area contributed by atoms with Gasteiger partial charge in [0, 0.05) is 19.2 Å². The van der Waals surface area contributed by atoms with E-state index in [-0.39, 0.29) is 0 Å². The summed E-state index contributed by atoms with van der Waals surface area (Å²) < 4.78 is 42.3. The van der Waals surface area contributed by atoms with Crippen LogP contribution in [0, 0.1) is 17.5 Å². The summed E-state index contributed by atoms with van der Waals surface area (Å²) in [6.45, 7) is 1.54.